The van der Waals surface area contributed by atoms with Gasteiger partial charge in [-0.25, -0.2) is 4.68 Å². The summed E-state index contributed by atoms with van der Waals surface area (Å²) in [5.74, 6) is -0.941. The number of aliphatic carboxylic acids is 1. The molecule has 0 aliphatic heterocycles. The Morgan fingerprint density at radius 1 is 1.44 bits per heavy atom. The number of aromatic nitrogens is 4. The van der Waals surface area contributed by atoms with Crippen LogP contribution in [0.3, 0.4) is 0 Å². The van der Waals surface area contributed by atoms with E-state index < -0.39 is 5.97 Å². The molecule has 0 aliphatic carbocycles. The van der Waals surface area contributed by atoms with Gasteiger partial charge in [-0.05, 0) is 22.9 Å². The van der Waals surface area contributed by atoms with Crippen molar-refractivity contribution in [1.29, 1.82) is 0 Å². The van der Waals surface area contributed by atoms with Crippen LogP contribution in [-0.4, -0.2) is 37.0 Å². The van der Waals surface area contributed by atoms with E-state index in [0.717, 1.165) is 17.3 Å². The summed E-state index contributed by atoms with van der Waals surface area (Å²) in [5.41, 5.74) is 1.07. The number of nitrogens with zero attached hydrogens (tertiary/aromatic N) is 4. The van der Waals surface area contributed by atoms with Gasteiger partial charge < -0.3 is 5.11 Å². The Hall–Kier alpha value is -1.89. The van der Waals surface area contributed by atoms with Crippen molar-refractivity contribution in [2.24, 2.45) is 0 Å². The predicted molar refractivity (Wildman–Crippen MR) is 66.4 cm³/mol. The number of carboxylic acids is 1. The van der Waals surface area contributed by atoms with Crippen molar-refractivity contribution in [2.45, 2.75) is 18.1 Å². The topological polar surface area (TPSA) is 80.9 Å². The maximum absolute atomic E-state index is 10.5. The van der Waals surface area contributed by atoms with Crippen molar-refractivity contribution in [3.05, 3.63) is 35.9 Å². The highest BCUT2D eigenvalue weighted by atomic mass is 32.2. The van der Waals surface area contributed by atoms with Crippen LogP contribution in [0, 0.1) is 0 Å². The van der Waals surface area contributed by atoms with E-state index >= 15 is 0 Å². The minimum absolute atomic E-state index is 0.0301. The van der Waals surface area contributed by atoms with E-state index in [2.05, 4.69) is 15.5 Å². The molecule has 2 rings (SSSR count). The summed E-state index contributed by atoms with van der Waals surface area (Å²) in [7, 11) is 0. The van der Waals surface area contributed by atoms with Crippen molar-refractivity contribution in [2.75, 3.05) is 5.75 Å². The zero-order valence-electron chi connectivity index (χ0n) is 9.72. The van der Waals surface area contributed by atoms with E-state index in [9.17, 15) is 4.79 Å². The third kappa shape index (κ3) is 2.86. The lowest BCUT2D eigenvalue weighted by Crippen LogP contribution is -2.11. The molecule has 0 bridgehead atoms. The van der Waals surface area contributed by atoms with Gasteiger partial charge in [0.25, 0.3) is 0 Å². The van der Waals surface area contributed by atoms with Crippen LogP contribution in [0.1, 0.15) is 18.5 Å². The number of thioether (sulfide) groups is 1. The van der Waals surface area contributed by atoms with E-state index in [1.807, 2.05) is 37.3 Å². The zero-order chi connectivity index (χ0) is 13.0. The van der Waals surface area contributed by atoms with Crippen LogP contribution in [0.2, 0.25) is 0 Å². The molecule has 94 valence electrons. The molecule has 18 heavy (non-hydrogen) atoms. The first kappa shape index (κ1) is 12.6. The van der Waals surface area contributed by atoms with E-state index in [4.69, 9.17) is 5.11 Å². The molecule has 7 heteroatoms. The largest absolute Gasteiger partial charge is 0.481 e. The monoisotopic (exact) mass is 264 g/mol. The molecule has 0 fully saturated rings. The number of tetrazole rings is 1. The number of carbonyl (C=O) groups is 1. The lowest BCUT2D eigenvalue weighted by molar-refractivity contribution is -0.133. The van der Waals surface area contributed by atoms with Gasteiger partial charge in [0, 0.05) is 0 Å². The summed E-state index contributed by atoms with van der Waals surface area (Å²) in [6, 6.07) is 9.77. The van der Waals surface area contributed by atoms with Gasteiger partial charge in [0.2, 0.25) is 5.16 Å². The lowest BCUT2D eigenvalue weighted by Gasteiger charge is -2.12. The molecule has 1 heterocycles. The third-order valence-corrected chi connectivity index (χ3v) is 3.35. The number of hydrogen-bond acceptors (Lipinski definition) is 5. The van der Waals surface area contributed by atoms with Crippen molar-refractivity contribution in [1.82, 2.24) is 20.2 Å². The number of rotatable bonds is 5. The second-order valence-electron chi connectivity index (χ2n) is 3.68. The molecular formula is C11H12N4O2S. The molecule has 1 aromatic heterocycles. The van der Waals surface area contributed by atoms with E-state index in [-0.39, 0.29) is 11.8 Å². The second kappa shape index (κ2) is 5.63. The molecule has 1 N–H and O–H groups in total. The van der Waals surface area contributed by atoms with Crippen LogP contribution in [0.25, 0.3) is 0 Å². The number of benzene rings is 1. The number of hydrogen-bond donors (Lipinski definition) is 1. The Bertz CT molecular complexity index is 529. The number of carboxylic acid groups (broad SMARTS) is 1. The highest BCUT2D eigenvalue weighted by molar-refractivity contribution is 7.99. The van der Waals surface area contributed by atoms with Crippen molar-refractivity contribution in [3.63, 3.8) is 0 Å². The van der Waals surface area contributed by atoms with Gasteiger partial charge in [0.05, 0.1) is 11.8 Å². The van der Waals surface area contributed by atoms with Crippen LogP contribution in [-0.2, 0) is 4.79 Å². The minimum Gasteiger partial charge on any atom is -0.481 e. The smallest absolute Gasteiger partial charge is 0.313 e. The molecule has 0 radical (unpaired) electrons. The first-order chi connectivity index (χ1) is 8.68. The van der Waals surface area contributed by atoms with Crippen LogP contribution in [0.4, 0.5) is 0 Å². The molecule has 0 aliphatic rings. The van der Waals surface area contributed by atoms with E-state index in [1.165, 1.54) is 0 Å². The molecule has 1 aromatic carbocycles. The zero-order valence-corrected chi connectivity index (χ0v) is 10.5. The molecule has 2 aromatic rings. The fraction of sp³-hybridized carbons (Fsp3) is 0.273. The fourth-order valence-corrected chi connectivity index (χ4v) is 2.20. The minimum atomic E-state index is -0.887. The molecule has 0 saturated carbocycles. The molecule has 1 atom stereocenters. The summed E-state index contributed by atoms with van der Waals surface area (Å²) >= 11 is 1.11. The summed E-state index contributed by atoms with van der Waals surface area (Å²) in [6.45, 7) is 1.97. The Morgan fingerprint density at radius 2 is 2.17 bits per heavy atom. The molecule has 0 spiro atoms. The van der Waals surface area contributed by atoms with Crippen molar-refractivity contribution in [3.8, 4) is 0 Å². The van der Waals surface area contributed by atoms with Crippen molar-refractivity contribution < 1.29 is 9.90 Å². The molecule has 0 amide bonds. The summed E-state index contributed by atoms with van der Waals surface area (Å²) in [6.07, 6.45) is 0. The van der Waals surface area contributed by atoms with Crippen LogP contribution in [0.15, 0.2) is 35.5 Å². The van der Waals surface area contributed by atoms with Crippen LogP contribution < -0.4 is 0 Å². The van der Waals surface area contributed by atoms with E-state index in [1.54, 1.807) is 4.68 Å². The standard InChI is InChI=1S/C11H12N4O2S/c1-8(9-5-3-2-4-6-9)15-11(12-13-14-15)18-7-10(16)17/h2-6,8H,7H2,1H3,(H,16,17). The Kier molecular flexibility index (Phi) is 3.93. The molecular weight excluding hydrogens is 252 g/mol. The molecule has 0 saturated heterocycles. The van der Waals surface area contributed by atoms with Crippen molar-refractivity contribution >= 4 is 17.7 Å². The van der Waals surface area contributed by atoms with Gasteiger partial charge in [-0.15, -0.1) is 5.10 Å². The van der Waals surface area contributed by atoms with Crippen LogP contribution in [0.5, 0.6) is 0 Å². The maximum Gasteiger partial charge on any atom is 0.313 e. The average Bonchev–Trinajstić information content (AvgIpc) is 2.85. The highest BCUT2D eigenvalue weighted by Gasteiger charge is 2.15. The van der Waals surface area contributed by atoms with E-state index in [0.29, 0.717) is 5.16 Å². The van der Waals surface area contributed by atoms with Gasteiger partial charge in [-0.3, -0.25) is 4.79 Å². The summed E-state index contributed by atoms with van der Waals surface area (Å²) < 4.78 is 1.63. The summed E-state index contributed by atoms with van der Waals surface area (Å²) in [4.78, 5) is 10.5. The Labute approximate surface area is 108 Å². The third-order valence-electron chi connectivity index (χ3n) is 2.44. The lowest BCUT2D eigenvalue weighted by atomic mass is 10.1. The molecule has 6 nitrogen and oxygen atoms in total. The molecule has 1 unspecified atom stereocenters. The first-order valence-electron chi connectivity index (χ1n) is 5.36. The Morgan fingerprint density at radius 3 is 2.83 bits per heavy atom. The van der Waals surface area contributed by atoms with Gasteiger partial charge in [0.15, 0.2) is 0 Å². The van der Waals surface area contributed by atoms with Gasteiger partial charge in [-0.1, -0.05) is 42.1 Å². The maximum atomic E-state index is 10.5. The second-order valence-corrected chi connectivity index (χ2v) is 4.62. The predicted octanol–water partition coefficient (Wildman–Crippen LogP) is 1.46. The summed E-state index contributed by atoms with van der Waals surface area (Å²) in [5, 5.41) is 20.5. The Balaban J connectivity index is 2.18. The SMILES string of the molecule is CC(c1ccccc1)n1nnnc1SCC(=O)O. The van der Waals surface area contributed by atoms with Gasteiger partial charge in [0.1, 0.15) is 0 Å². The highest BCUT2D eigenvalue weighted by Crippen LogP contribution is 2.22. The average molecular weight is 264 g/mol. The van der Waals surface area contributed by atoms with Crippen LogP contribution >= 0.6 is 11.8 Å². The normalized spacial score (nSPS) is 12.3. The van der Waals surface area contributed by atoms with Gasteiger partial charge in [-0.2, -0.15) is 0 Å². The van der Waals surface area contributed by atoms with Gasteiger partial charge >= 0.3 is 5.97 Å². The fourth-order valence-electron chi connectivity index (χ4n) is 1.52. The quantitative estimate of drug-likeness (QED) is 0.823. The first-order valence-corrected chi connectivity index (χ1v) is 6.34.